The monoisotopic (exact) mass is 183 g/mol. The van der Waals surface area contributed by atoms with Crippen LogP contribution in [0.4, 0.5) is 0 Å². The molecule has 1 radical (unpaired) electrons. The van der Waals surface area contributed by atoms with Crippen molar-refractivity contribution in [2.75, 3.05) is 0 Å². The van der Waals surface area contributed by atoms with Crippen LogP contribution in [0.5, 0.6) is 0 Å². The molecule has 0 amide bonds. The third-order valence-corrected chi connectivity index (χ3v) is 2.09. The van der Waals surface area contributed by atoms with E-state index in [4.69, 9.17) is 0 Å². The normalized spacial score (nSPS) is 9.67. The van der Waals surface area contributed by atoms with E-state index in [9.17, 15) is 0 Å². The van der Waals surface area contributed by atoms with Gasteiger partial charge in [0.15, 0.2) is 0 Å². The van der Waals surface area contributed by atoms with E-state index < -0.39 is 0 Å². The summed E-state index contributed by atoms with van der Waals surface area (Å²) in [6.45, 7) is 4.09. The van der Waals surface area contributed by atoms with Crippen molar-refractivity contribution in [2.45, 2.75) is 13.8 Å². The molecular formula is C8H8Br. The minimum atomic E-state index is 1.17. The minimum absolute atomic E-state index is 1.17. The Morgan fingerprint density at radius 2 is 2.11 bits per heavy atom. The van der Waals surface area contributed by atoms with Gasteiger partial charge in [-0.15, -0.1) is 0 Å². The highest BCUT2D eigenvalue weighted by atomic mass is 79.9. The quantitative estimate of drug-likeness (QED) is 0.581. The number of halogens is 1. The molecular weight excluding hydrogens is 176 g/mol. The molecule has 0 unspecified atom stereocenters. The van der Waals surface area contributed by atoms with Crippen LogP contribution in [0.15, 0.2) is 16.6 Å². The summed E-state index contributed by atoms with van der Waals surface area (Å²) in [5.74, 6) is 0. The van der Waals surface area contributed by atoms with Gasteiger partial charge in [0.2, 0.25) is 0 Å². The molecule has 0 heterocycles. The van der Waals surface area contributed by atoms with E-state index in [1.165, 1.54) is 15.6 Å². The standard InChI is InChI=1S/C8H8Br/c1-6-3-4-7(2)8(9)5-6/h4-5H,1-2H3. The van der Waals surface area contributed by atoms with Gasteiger partial charge in [0, 0.05) is 4.47 Å². The van der Waals surface area contributed by atoms with Crippen molar-refractivity contribution < 1.29 is 0 Å². The van der Waals surface area contributed by atoms with Gasteiger partial charge < -0.3 is 0 Å². The Labute approximate surface area is 64.0 Å². The third-order valence-electron chi connectivity index (χ3n) is 1.24. The molecule has 0 saturated carbocycles. The average molecular weight is 184 g/mol. The van der Waals surface area contributed by atoms with Gasteiger partial charge in [0.1, 0.15) is 0 Å². The molecule has 0 fully saturated rings. The highest BCUT2D eigenvalue weighted by Crippen LogP contribution is 2.15. The molecule has 0 bridgehead atoms. The first-order valence-electron chi connectivity index (χ1n) is 2.84. The number of rotatable bonds is 0. The van der Waals surface area contributed by atoms with Crippen LogP contribution in [0.2, 0.25) is 0 Å². The van der Waals surface area contributed by atoms with Crippen LogP contribution in [0.25, 0.3) is 0 Å². The number of benzene rings is 1. The summed E-state index contributed by atoms with van der Waals surface area (Å²) in [6, 6.07) is 7.16. The average Bonchev–Trinajstić information content (AvgIpc) is 1.80. The maximum Gasteiger partial charge on any atom is 0.0207 e. The molecule has 1 rings (SSSR count). The molecule has 0 aliphatic carbocycles. The maximum atomic E-state index is 3.43. The van der Waals surface area contributed by atoms with Crippen molar-refractivity contribution in [3.63, 3.8) is 0 Å². The zero-order valence-electron chi connectivity index (χ0n) is 5.53. The van der Waals surface area contributed by atoms with E-state index >= 15 is 0 Å². The molecule has 0 aromatic heterocycles. The lowest BCUT2D eigenvalue weighted by atomic mass is 10.2. The van der Waals surface area contributed by atoms with Crippen molar-refractivity contribution in [3.8, 4) is 0 Å². The molecule has 9 heavy (non-hydrogen) atoms. The van der Waals surface area contributed by atoms with E-state index in [-0.39, 0.29) is 0 Å². The second kappa shape index (κ2) is 2.53. The van der Waals surface area contributed by atoms with Crippen molar-refractivity contribution in [2.24, 2.45) is 0 Å². The van der Waals surface area contributed by atoms with E-state index in [0.29, 0.717) is 0 Å². The van der Waals surface area contributed by atoms with Crippen LogP contribution >= 0.6 is 15.9 Å². The Kier molecular flexibility index (Phi) is 1.91. The maximum absolute atomic E-state index is 3.43. The molecule has 0 aliphatic rings. The van der Waals surface area contributed by atoms with E-state index in [1.54, 1.807) is 0 Å². The van der Waals surface area contributed by atoms with Crippen LogP contribution in [0, 0.1) is 19.9 Å². The first kappa shape index (κ1) is 6.81. The van der Waals surface area contributed by atoms with Gasteiger partial charge in [0.05, 0.1) is 0 Å². The van der Waals surface area contributed by atoms with Crippen molar-refractivity contribution in [3.05, 3.63) is 33.8 Å². The van der Waals surface area contributed by atoms with Gasteiger partial charge in [0.25, 0.3) is 0 Å². The number of hydrogen-bond acceptors (Lipinski definition) is 0. The predicted molar refractivity (Wildman–Crippen MR) is 42.5 cm³/mol. The van der Waals surface area contributed by atoms with E-state index in [1.807, 2.05) is 13.0 Å². The fourth-order valence-electron chi connectivity index (χ4n) is 0.637. The van der Waals surface area contributed by atoms with Crippen LogP contribution in [0.1, 0.15) is 11.1 Å². The van der Waals surface area contributed by atoms with Crippen LogP contribution in [-0.2, 0) is 0 Å². The summed E-state index contributed by atoms with van der Waals surface area (Å²) < 4.78 is 1.17. The first-order chi connectivity index (χ1) is 4.20. The highest BCUT2D eigenvalue weighted by Gasteiger charge is 1.91. The smallest absolute Gasteiger partial charge is 0.0207 e. The van der Waals surface area contributed by atoms with Crippen LogP contribution < -0.4 is 0 Å². The molecule has 1 heteroatoms. The Hall–Kier alpha value is -0.300. The lowest BCUT2D eigenvalue weighted by Gasteiger charge is -1.96. The largest absolute Gasteiger partial charge is 0.0505 e. The van der Waals surface area contributed by atoms with Crippen LogP contribution in [-0.4, -0.2) is 0 Å². The molecule has 1 aromatic carbocycles. The molecule has 0 nitrogen and oxygen atoms in total. The Morgan fingerprint density at radius 3 is 2.56 bits per heavy atom. The summed E-state index contributed by atoms with van der Waals surface area (Å²) in [6.07, 6.45) is 0. The summed E-state index contributed by atoms with van der Waals surface area (Å²) in [5.41, 5.74) is 2.41. The van der Waals surface area contributed by atoms with Gasteiger partial charge >= 0.3 is 0 Å². The van der Waals surface area contributed by atoms with Gasteiger partial charge in [-0.3, -0.25) is 0 Å². The summed E-state index contributed by atoms with van der Waals surface area (Å²) in [5, 5.41) is 0. The molecule has 47 valence electrons. The molecule has 0 aliphatic heterocycles. The molecule has 0 atom stereocenters. The zero-order chi connectivity index (χ0) is 6.85. The number of hydrogen-bond donors (Lipinski definition) is 0. The fourth-order valence-corrected chi connectivity index (χ4v) is 1.09. The summed E-state index contributed by atoms with van der Waals surface area (Å²) in [7, 11) is 0. The summed E-state index contributed by atoms with van der Waals surface area (Å²) >= 11 is 3.43. The van der Waals surface area contributed by atoms with Crippen molar-refractivity contribution in [1.82, 2.24) is 0 Å². The minimum Gasteiger partial charge on any atom is -0.0505 e. The second-order valence-electron chi connectivity index (χ2n) is 2.15. The zero-order valence-corrected chi connectivity index (χ0v) is 7.12. The lowest BCUT2D eigenvalue weighted by Crippen LogP contribution is -1.76. The van der Waals surface area contributed by atoms with Gasteiger partial charge in [-0.1, -0.05) is 22.0 Å². The molecule has 0 spiro atoms. The van der Waals surface area contributed by atoms with Gasteiger partial charge in [-0.2, -0.15) is 0 Å². The Balaban J connectivity index is 3.17. The Bertz CT molecular complexity index is 216. The van der Waals surface area contributed by atoms with Gasteiger partial charge in [-0.05, 0) is 37.1 Å². The first-order valence-corrected chi connectivity index (χ1v) is 3.64. The highest BCUT2D eigenvalue weighted by molar-refractivity contribution is 9.10. The number of aryl methyl sites for hydroxylation is 2. The molecule has 0 N–H and O–H groups in total. The van der Waals surface area contributed by atoms with Crippen molar-refractivity contribution in [1.29, 1.82) is 0 Å². The van der Waals surface area contributed by atoms with E-state index in [0.717, 1.165) is 0 Å². The predicted octanol–water partition coefficient (Wildman–Crippen LogP) is 2.87. The fraction of sp³-hybridized carbons (Fsp3) is 0.250. The topological polar surface area (TPSA) is 0 Å². The van der Waals surface area contributed by atoms with Crippen molar-refractivity contribution >= 4 is 15.9 Å². The summed E-state index contributed by atoms with van der Waals surface area (Å²) in [4.78, 5) is 0. The van der Waals surface area contributed by atoms with Crippen LogP contribution in [0.3, 0.4) is 0 Å². The molecule has 0 saturated heterocycles. The molecule has 1 aromatic rings. The third kappa shape index (κ3) is 1.55. The van der Waals surface area contributed by atoms with E-state index in [2.05, 4.69) is 35.0 Å². The lowest BCUT2D eigenvalue weighted by molar-refractivity contribution is 1.36. The second-order valence-corrected chi connectivity index (χ2v) is 3.00. The SMILES string of the molecule is Cc1[c]cc(C)c(Br)c1. The Morgan fingerprint density at radius 1 is 1.44 bits per heavy atom. The van der Waals surface area contributed by atoms with Gasteiger partial charge in [-0.25, -0.2) is 0 Å².